The van der Waals surface area contributed by atoms with Gasteiger partial charge < -0.3 is 14.8 Å². The highest BCUT2D eigenvalue weighted by molar-refractivity contribution is 4.84. The van der Waals surface area contributed by atoms with E-state index in [1.807, 2.05) is 7.05 Å². The van der Waals surface area contributed by atoms with E-state index in [1.165, 1.54) is 38.5 Å². The van der Waals surface area contributed by atoms with Gasteiger partial charge in [0.1, 0.15) is 0 Å². The van der Waals surface area contributed by atoms with Crippen LogP contribution in [0.3, 0.4) is 0 Å². The molecule has 17 heavy (non-hydrogen) atoms. The molecule has 0 amide bonds. The van der Waals surface area contributed by atoms with Crippen molar-refractivity contribution in [3.05, 3.63) is 0 Å². The summed E-state index contributed by atoms with van der Waals surface area (Å²) in [6.07, 6.45) is 8.30. The zero-order valence-electron chi connectivity index (χ0n) is 11.9. The Morgan fingerprint density at radius 2 is 1.76 bits per heavy atom. The molecule has 3 nitrogen and oxygen atoms in total. The summed E-state index contributed by atoms with van der Waals surface area (Å²) in [6.45, 7) is 4.94. The lowest BCUT2D eigenvalue weighted by Crippen LogP contribution is -2.50. The predicted octanol–water partition coefficient (Wildman–Crippen LogP) is 2.74. The Morgan fingerprint density at radius 1 is 1.18 bits per heavy atom. The molecule has 0 radical (unpaired) electrons. The molecule has 1 N–H and O–H groups in total. The number of ether oxygens (including phenoxy) is 2. The molecule has 1 atom stereocenters. The van der Waals surface area contributed by atoms with Gasteiger partial charge in [-0.1, -0.05) is 25.7 Å². The molecule has 1 rings (SSSR count). The van der Waals surface area contributed by atoms with Crippen LogP contribution in [-0.4, -0.2) is 38.5 Å². The maximum atomic E-state index is 6.06. The molecule has 0 heterocycles. The van der Waals surface area contributed by atoms with Crippen molar-refractivity contribution in [2.24, 2.45) is 0 Å². The van der Waals surface area contributed by atoms with Crippen LogP contribution >= 0.6 is 0 Å². The molecule has 0 aliphatic heterocycles. The molecule has 1 fully saturated rings. The van der Waals surface area contributed by atoms with Gasteiger partial charge in [0.2, 0.25) is 0 Å². The fraction of sp³-hybridized carbons (Fsp3) is 1.00. The molecule has 1 aliphatic rings. The fourth-order valence-electron chi connectivity index (χ4n) is 2.41. The minimum Gasteiger partial charge on any atom is -0.377 e. The summed E-state index contributed by atoms with van der Waals surface area (Å²) in [5.41, 5.74) is -0.181. The Hall–Kier alpha value is -0.120. The van der Waals surface area contributed by atoms with Gasteiger partial charge in [-0.3, -0.25) is 0 Å². The summed E-state index contributed by atoms with van der Waals surface area (Å²) in [6, 6.07) is 0.246. The van der Waals surface area contributed by atoms with Gasteiger partial charge in [0.05, 0.1) is 24.4 Å². The van der Waals surface area contributed by atoms with Gasteiger partial charge in [0.25, 0.3) is 0 Å². The number of hydrogen-bond acceptors (Lipinski definition) is 3. The van der Waals surface area contributed by atoms with Gasteiger partial charge in [-0.2, -0.15) is 0 Å². The second kappa shape index (κ2) is 7.34. The van der Waals surface area contributed by atoms with Gasteiger partial charge >= 0.3 is 0 Å². The Labute approximate surface area is 106 Å². The second-order valence-electron chi connectivity index (χ2n) is 5.60. The molecule has 1 unspecified atom stereocenters. The van der Waals surface area contributed by atoms with E-state index < -0.39 is 0 Å². The highest BCUT2D eigenvalue weighted by Crippen LogP contribution is 2.21. The van der Waals surface area contributed by atoms with E-state index in [-0.39, 0.29) is 11.6 Å². The van der Waals surface area contributed by atoms with Crippen molar-refractivity contribution in [1.82, 2.24) is 5.32 Å². The van der Waals surface area contributed by atoms with Crippen molar-refractivity contribution in [2.45, 2.75) is 70.1 Å². The third kappa shape index (κ3) is 4.94. The molecule has 0 spiro atoms. The highest BCUT2D eigenvalue weighted by atomic mass is 16.5. The van der Waals surface area contributed by atoms with E-state index in [4.69, 9.17) is 9.47 Å². The topological polar surface area (TPSA) is 30.5 Å². The van der Waals surface area contributed by atoms with Gasteiger partial charge in [0.15, 0.2) is 0 Å². The number of rotatable bonds is 6. The van der Waals surface area contributed by atoms with E-state index >= 15 is 0 Å². The zero-order valence-corrected chi connectivity index (χ0v) is 11.9. The van der Waals surface area contributed by atoms with Crippen LogP contribution in [0.25, 0.3) is 0 Å². The molecule has 0 saturated heterocycles. The largest absolute Gasteiger partial charge is 0.377 e. The molecule has 0 aromatic carbocycles. The van der Waals surface area contributed by atoms with Crippen molar-refractivity contribution in [2.75, 3.05) is 20.8 Å². The van der Waals surface area contributed by atoms with Gasteiger partial charge in [-0.05, 0) is 33.7 Å². The minimum atomic E-state index is -0.181. The maximum Gasteiger partial charge on any atom is 0.0797 e. The quantitative estimate of drug-likeness (QED) is 0.728. The lowest BCUT2D eigenvalue weighted by molar-refractivity contribution is -0.0540. The molecule has 3 heteroatoms. The Kier molecular flexibility index (Phi) is 6.45. The SMILES string of the molecule is CNC(COC1CCCCCC1)C(C)(C)OC. The first-order valence-electron chi connectivity index (χ1n) is 6.94. The first-order chi connectivity index (χ1) is 8.10. The lowest BCUT2D eigenvalue weighted by Gasteiger charge is -2.33. The first kappa shape index (κ1) is 14.9. The van der Waals surface area contributed by atoms with Crippen molar-refractivity contribution in [3.8, 4) is 0 Å². The smallest absolute Gasteiger partial charge is 0.0797 e. The van der Waals surface area contributed by atoms with E-state index in [0.29, 0.717) is 6.10 Å². The van der Waals surface area contributed by atoms with Crippen LogP contribution in [0.1, 0.15) is 52.4 Å². The van der Waals surface area contributed by atoms with E-state index in [9.17, 15) is 0 Å². The summed E-state index contributed by atoms with van der Waals surface area (Å²) in [7, 11) is 3.73. The molecule has 1 saturated carbocycles. The zero-order chi connectivity index (χ0) is 12.7. The summed E-state index contributed by atoms with van der Waals surface area (Å²) < 4.78 is 11.6. The standard InChI is InChI=1S/C14H29NO2/c1-14(2,16-4)13(15-3)11-17-12-9-7-5-6-8-10-12/h12-13,15H,5-11H2,1-4H3. The van der Waals surface area contributed by atoms with Gasteiger partial charge in [0, 0.05) is 7.11 Å². The van der Waals surface area contributed by atoms with Crippen LogP contribution in [0.2, 0.25) is 0 Å². The highest BCUT2D eigenvalue weighted by Gasteiger charge is 2.29. The minimum absolute atomic E-state index is 0.181. The summed E-state index contributed by atoms with van der Waals surface area (Å²) in [5, 5.41) is 3.30. The molecular formula is C14H29NO2. The van der Waals surface area contributed by atoms with Crippen LogP contribution < -0.4 is 5.32 Å². The summed E-state index contributed by atoms with van der Waals surface area (Å²) in [4.78, 5) is 0. The molecule has 0 bridgehead atoms. The van der Waals surface area contributed by atoms with Crippen LogP contribution in [0, 0.1) is 0 Å². The van der Waals surface area contributed by atoms with Gasteiger partial charge in [-0.25, -0.2) is 0 Å². The van der Waals surface area contributed by atoms with E-state index in [1.54, 1.807) is 7.11 Å². The average Bonchev–Trinajstić information content (AvgIpc) is 2.58. The third-order valence-corrected chi connectivity index (χ3v) is 4.01. The van der Waals surface area contributed by atoms with Crippen molar-refractivity contribution < 1.29 is 9.47 Å². The van der Waals surface area contributed by atoms with Crippen LogP contribution in [0.4, 0.5) is 0 Å². The number of hydrogen-bond donors (Lipinski definition) is 1. The second-order valence-corrected chi connectivity index (χ2v) is 5.60. The van der Waals surface area contributed by atoms with E-state index in [0.717, 1.165) is 6.61 Å². The van der Waals surface area contributed by atoms with Crippen LogP contribution in [0.15, 0.2) is 0 Å². The molecule has 102 valence electrons. The number of methoxy groups -OCH3 is 1. The molecular weight excluding hydrogens is 214 g/mol. The predicted molar refractivity (Wildman–Crippen MR) is 71.4 cm³/mol. The van der Waals surface area contributed by atoms with Crippen molar-refractivity contribution in [1.29, 1.82) is 0 Å². The Morgan fingerprint density at radius 3 is 2.24 bits per heavy atom. The van der Waals surface area contributed by atoms with Crippen molar-refractivity contribution in [3.63, 3.8) is 0 Å². The number of nitrogens with one attached hydrogen (secondary N) is 1. The number of likely N-dealkylation sites (N-methyl/N-ethyl adjacent to an activating group) is 1. The van der Waals surface area contributed by atoms with Gasteiger partial charge in [-0.15, -0.1) is 0 Å². The summed E-state index contributed by atoms with van der Waals surface area (Å²) in [5.74, 6) is 0. The molecule has 0 aromatic heterocycles. The lowest BCUT2D eigenvalue weighted by atomic mass is 9.99. The van der Waals surface area contributed by atoms with Crippen LogP contribution in [0.5, 0.6) is 0 Å². The Balaban J connectivity index is 2.36. The monoisotopic (exact) mass is 243 g/mol. The third-order valence-electron chi connectivity index (χ3n) is 4.01. The molecule has 1 aliphatic carbocycles. The van der Waals surface area contributed by atoms with E-state index in [2.05, 4.69) is 19.2 Å². The Bertz CT molecular complexity index is 198. The van der Waals surface area contributed by atoms with Crippen molar-refractivity contribution >= 4 is 0 Å². The van der Waals surface area contributed by atoms with Crippen LogP contribution in [-0.2, 0) is 9.47 Å². The fourth-order valence-corrected chi connectivity index (χ4v) is 2.41. The first-order valence-corrected chi connectivity index (χ1v) is 6.94. The average molecular weight is 243 g/mol. The maximum absolute atomic E-state index is 6.06. The molecule has 0 aromatic rings. The summed E-state index contributed by atoms with van der Waals surface area (Å²) >= 11 is 0. The normalized spacial score (nSPS) is 21.2.